The monoisotopic (exact) mass is 174 g/mol. The van der Waals surface area contributed by atoms with E-state index in [2.05, 4.69) is 0 Å². The van der Waals surface area contributed by atoms with Gasteiger partial charge in [-0.25, -0.2) is 0 Å². The summed E-state index contributed by atoms with van der Waals surface area (Å²) in [6.45, 7) is 0. The van der Waals surface area contributed by atoms with E-state index in [-0.39, 0.29) is 21.7 Å². The van der Waals surface area contributed by atoms with Crippen LogP contribution >= 0.6 is 11.6 Å². The van der Waals surface area contributed by atoms with Crippen LogP contribution in [0.15, 0.2) is 18.2 Å². The Labute approximate surface area is 70.6 Å². The van der Waals surface area contributed by atoms with Gasteiger partial charge in [-0.15, -0.1) is 0 Å². The first-order chi connectivity index (χ1) is 4.20. The fourth-order valence-electron chi connectivity index (χ4n) is 0.523. The van der Waals surface area contributed by atoms with E-state index < -0.39 is 0 Å². The summed E-state index contributed by atoms with van der Waals surface area (Å²) < 4.78 is 0. The predicted molar refractivity (Wildman–Crippen MR) is 45.7 cm³/mol. The van der Waals surface area contributed by atoms with Gasteiger partial charge < -0.3 is 16.1 Å². The second kappa shape index (κ2) is 5.01. The van der Waals surface area contributed by atoms with Crippen LogP contribution in [0.3, 0.4) is 0 Å². The molecule has 1 aromatic carbocycles. The van der Waals surface area contributed by atoms with E-state index >= 15 is 0 Å². The van der Waals surface area contributed by atoms with Crippen LogP contribution in [0.1, 0.15) is 0 Å². The summed E-state index contributed by atoms with van der Waals surface area (Å²) in [5, 5.41) is 9.14. The van der Waals surface area contributed by atoms with Crippen LogP contribution < -0.4 is 5.46 Å². The lowest BCUT2D eigenvalue weighted by Gasteiger charge is -1.95. The molecule has 0 saturated carbocycles. The Kier molecular flexibility index (Phi) is 5.89. The summed E-state index contributed by atoms with van der Waals surface area (Å²) in [5.41, 5.74) is 0.554. The van der Waals surface area contributed by atoms with Crippen LogP contribution in [0.5, 0.6) is 5.75 Å². The maximum absolute atomic E-state index is 8.86. The summed E-state index contributed by atoms with van der Waals surface area (Å²) in [6.07, 6.45) is 0. The van der Waals surface area contributed by atoms with E-state index in [1.54, 1.807) is 6.07 Å². The molecule has 0 bridgehead atoms. The summed E-state index contributed by atoms with van der Waals surface area (Å²) >= 11 is 5.48. The molecule has 11 heavy (non-hydrogen) atoms. The Bertz CT molecular complexity index is 229. The van der Waals surface area contributed by atoms with Crippen molar-refractivity contribution in [2.24, 2.45) is 0 Å². The fourth-order valence-corrected chi connectivity index (χ4v) is 0.712. The molecule has 0 atom stereocenters. The van der Waals surface area contributed by atoms with Crippen LogP contribution in [-0.2, 0) is 0 Å². The molecule has 1 aromatic rings. The Hall–Kier alpha value is -0.705. The zero-order chi connectivity index (χ0) is 6.85. The van der Waals surface area contributed by atoms with E-state index in [4.69, 9.17) is 24.6 Å². The van der Waals surface area contributed by atoms with Gasteiger partial charge >= 0.3 is 0 Å². The van der Waals surface area contributed by atoms with Crippen LogP contribution in [0, 0.1) is 0 Å². The highest BCUT2D eigenvalue weighted by molar-refractivity contribution is 6.36. The van der Waals surface area contributed by atoms with Crippen molar-refractivity contribution in [1.82, 2.24) is 0 Å². The molecule has 5 heteroatoms. The molecule has 0 aliphatic heterocycles. The fraction of sp³-hybridized carbons (Fsp3) is 0. The van der Waals surface area contributed by atoms with Gasteiger partial charge in [0, 0.05) is 0 Å². The van der Waals surface area contributed by atoms with Gasteiger partial charge in [0.15, 0.2) is 0 Å². The van der Waals surface area contributed by atoms with Crippen molar-refractivity contribution < 1.29 is 16.1 Å². The standard InChI is InChI=1S/C6H4BClO.2H2O/c7-4-1-2-6(9)5(8)3-4;;/h1-3,9H;2*1H2. The first-order valence-electron chi connectivity index (χ1n) is 2.44. The predicted octanol–water partition coefficient (Wildman–Crippen LogP) is -0.810. The van der Waals surface area contributed by atoms with Crippen molar-refractivity contribution in [1.29, 1.82) is 0 Å². The number of phenols is 1. The van der Waals surface area contributed by atoms with Crippen LogP contribution in [0.2, 0.25) is 5.02 Å². The maximum atomic E-state index is 8.86. The van der Waals surface area contributed by atoms with E-state index in [9.17, 15) is 0 Å². The molecule has 0 heterocycles. The van der Waals surface area contributed by atoms with Crippen LogP contribution in [-0.4, -0.2) is 23.9 Å². The highest BCUT2D eigenvalue weighted by Gasteiger charge is 1.93. The minimum absolute atomic E-state index is 0. The Morgan fingerprint density at radius 3 is 2.18 bits per heavy atom. The molecule has 0 fully saturated rings. The van der Waals surface area contributed by atoms with Crippen LogP contribution in [0.25, 0.3) is 0 Å². The van der Waals surface area contributed by atoms with Gasteiger partial charge in [0.1, 0.15) is 13.6 Å². The zero-order valence-electron chi connectivity index (χ0n) is 5.63. The average Bonchev–Trinajstić information content (AvgIpc) is 1.80. The molecule has 0 spiro atoms. The van der Waals surface area contributed by atoms with Gasteiger partial charge in [0.2, 0.25) is 0 Å². The third-order valence-corrected chi connectivity index (χ3v) is 1.27. The number of halogens is 1. The second-order valence-electron chi connectivity index (χ2n) is 1.71. The number of phenolic OH excluding ortho intramolecular Hbond substituents is 1. The van der Waals surface area contributed by atoms with Gasteiger partial charge in [-0.05, 0) is 12.1 Å². The highest BCUT2D eigenvalue weighted by atomic mass is 35.5. The van der Waals surface area contributed by atoms with Crippen molar-refractivity contribution >= 4 is 24.9 Å². The summed E-state index contributed by atoms with van der Waals surface area (Å²) in [5.74, 6) is 0.0610. The van der Waals surface area contributed by atoms with Gasteiger partial charge in [-0.3, -0.25) is 0 Å². The van der Waals surface area contributed by atoms with Crippen molar-refractivity contribution in [3.63, 3.8) is 0 Å². The summed E-state index contributed by atoms with van der Waals surface area (Å²) in [4.78, 5) is 0. The van der Waals surface area contributed by atoms with Crippen molar-refractivity contribution in [2.45, 2.75) is 0 Å². The first-order valence-corrected chi connectivity index (χ1v) is 2.82. The van der Waals surface area contributed by atoms with Crippen LogP contribution in [0.4, 0.5) is 0 Å². The largest absolute Gasteiger partial charge is 0.506 e. The lowest BCUT2D eigenvalue weighted by Crippen LogP contribution is -1.98. The number of rotatable bonds is 0. The van der Waals surface area contributed by atoms with Gasteiger partial charge in [0.25, 0.3) is 0 Å². The number of benzene rings is 1. The molecule has 5 N–H and O–H groups in total. The normalized spacial score (nSPS) is 7.73. The smallest absolute Gasteiger partial charge is 0.134 e. The number of aromatic hydroxyl groups is 1. The van der Waals surface area contributed by atoms with Gasteiger partial charge in [-0.2, -0.15) is 0 Å². The molecule has 0 aliphatic rings. The first kappa shape index (κ1) is 12.9. The number of hydrogen-bond donors (Lipinski definition) is 1. The van der Waals surface area contributed by atoms with E-state index in [1.165, 1.54) is 12.1 Å². The molecule has 2 radical (unpaired) electrons. The Balaban J connectivity index is 0. The van der Waals surface area contributed by atoms with Crippen molar-refractivity contribution in [3.05, 3.63) is 23.2 Å². The number of hydrogen-bond acceptors (Lipinski definition) is 1. The molecule has 0 saturated heterocycles. The quantitative estimate of drug-likeness (QED) is 0.513. The molecule has 0 amide bonds. The lowest BCUT2D eigenvalue weighted by atomic mass is 9.97. The minimum Gasteiger partial charge on any atom is -0.506 e. The molecule has 3 nitrogen and oxygen atoms in total. The van der Waals surface area contributed by atoms with Gasteiger partial charge in [-0.1, -0.05) is 23.1 Å². The zero-order valence-corrected chi connectivity index (χ0v) is 6.39. The van der Waals surface area contributed by atoms with E-state index in [0.717, 1.165) is 0 Å². The lowest BCUT2D eigenvalue weighted by molar-refractivity contribution is 0.476. The molecule has 1 rings (SSSR count). The molecule has 0 unspecified atom stereocenters. The molecular formula is C6H8BClO3. The Morgan fingerprint density at radius 1 is 1.27 bits per heavy atom. The van der Waals surface area contributed by atoms with Crippen molar-refractivity contribution in [3.8, 4) is 5.75 Å². The summed E-state index contributed by atoms with van der Waals surface area (Å²) in [7, 11) is 5.33. The van der Waals surface area contributed by atoms with Gasteiger partial charge in [0.05, 0.1) is 5.02 Å². The maximum Gasteiger partial charge on any atom is 0.134 e. The molecule has 60 valence electrons. The minimum atomic E-state index is 0. The topological polar surface area (TPSA) is 83.2 Å². The van der Waals surface area contributed by atoms with E-state index in [0.29, 0.717) is 5.46 Å². The molecule has 0 aliphatic carbocycles. The second-order valence-corrected chi connectivity index (χ2v) is 2.12. The summed E-state index contributed by atoms with van der Waals surface area (Å²) in [6, 6.07) is 4.54. The molecular weight excluding hydrogens is 166 g/mol. The van der Waals surface area contributed by atoms with E-state index in [1.807, 2.05) is 0 Å². The molecule has 0 aromatic heterocycles. The third kappa shape index (κ3) is 3.27. The average molecular weight is 174 g/mol. The third-order valence-electron chi connectivity index (χ3n) is 0.972. The van der Waals surface area contributed by atoms with Crippen molar-refractivity contribution in [2.75, 3.05) is 0 Å². The highest BCUT2D eigenvalue weighted by Crippen LogP contribution is 2.19. The Morgan fingerprint density at radius 2 is 1.82 bits per heavy atom. The SMILES string of the molecule is O.O.[B]c1ccc(O)c(Cl)c1.